The van der Waals surface area contributed by atoms with Crippen LogP contribution >= 0.6 is 22.6 Å². The van der Waals surface area contributed by atoms with Crippen LogP contribution in [0.4, 0.5) is 0 Å². The van der Waals surface area contributed by atoms with Crippen molar-refractivity contribution in [3.63, 3.8) is 0 Å². The van der Waals surface area contributed by atoms with Crippen LogP contribution < -0.4 is 4.74 Å². The molecule has 3 N–H and O–H groups in total. The van der Waals surface area contributed by atoms with Gasteiger partial charge < -0.3 is 24.8 Å². The van der Waals surface area contributed by atoms with Crippen molar-refractivity contribution < 1.29 is 33.2 Å². The van der Waals surface area contributed by atoms with E-state index in [1.54, 1.807) is 18.3 Å². The lowest BCUT2D eigenvalue weighted by molar-refractivity contribution is 0.184. The Labute approximate surface area is 213 Å². The zero-order valence-electron chi connectivity index (χ0n) is 18.9. The van der Waals surface area contributed by atoms with Crippen LogP contribution in [0.2, 0.25) is 0 Å². The first kappa shape index (κ1) is 26.6. The molecule has 0 amide bonds. The van der Waals surface area contributed by atoms with E-state index in [1.165, 1.54) is 14.2 Å². The van der Waals surface area contributed by atoms with Crippen molar-refractivity contribution in [2.75, 3.05) is 33.2 Å². The standard InChI is InChI=1S/C24H28INO7S/c1-32-13-17-14-34(30,31)22(12-27)23(17)20(28)7-6-16(19-5-3-4-8-26-19)9-15-10-18(25)24(29)21(11-15)33-2/h3-5,8-11,20,22,27-29H,6-7,12-14H2,1-2H3/b16-9-/t20-,22+/m1/s1. The number of benzene rings is 1. The Bertz CT molecular complexity index is 1180. The Balaban J connectivity index is 1.94. The fourth-order valence-corrected chi connectivity index (χ4v) is 6.62. The molecule has 0 unspecified atom stereocenters. The normalized spacial score (nSPS) is 18.9. The second-order valence-corrected chi connectivity index (χ2v) is 11.3. The third kappa shape index (κ3) is 5.98. The molecular formula is C24H28INO7S. The maximum Gasteiger partial charge on any atom is 0.171 e. The molecule has 10 heteroatoms. The fraction of sp³-hybridized carbons (Fsp3) is 0.375. The van der Waals surface area contributed by atoms with Gasteiger partial charge in [0.25, 0.3) is 0 Å². The van der Waals surface area contributed by atoms with Crippen molar-refractivity contribution in [2.24, 2.45) is 0 Å². The molecule has 2 atom stereocenters. The molecule has 0 spiro atoms. The van der Waals surface area contributed by atoms with Crippen molar-refractivity contribution >= 4 is 44.1 Å². The van der Waals surface area contributed by atoms with Crippen molar-refractivity contribution in [3.05, 3.63) is 62.5 Å². The van der Waals surface area contributed by atoms with E-state index in [4.69, 9.17) is 9.47 Å². The number of aliphatic hydroxyl groups is 2. The third-order valence-electron chi connectivity index (χ3n) is 5.70. The maximum atomic E-state index is 12.5. The number of phenolic OH excluding ortho intramolecular Hbond substituents is 1. The van der Waals surface area contributed by atoms with Crippen LogP contribution in [-0.2, 0) is 14.6 Å². The fourth-order valence-electron chi connectivity index (χ4n) is 4.12. The Hall–Kier alpha value is -1.99. The number of hydrogen-bond acceptors (Lipinski definition) is 8. The van der Waals surface area contributed by atoms with Gasteiger partial charge in [0.05, 0.1) is 41.4 Å². The smallest absolute Gasteiger partial charge is 0.171 e. The summed E-state index contributed by atoms with van der Waals surface area (Å²) in [7, 11) is -0.645. The number of aromatic hydroxyl groups is 1. The lowest BCUT2D eigenvalue weighted by Gasteiger charge is -2.19. The highest BCUT2D eigenvalue weighted by molar-refractivity contribution is 14.1. The molecule has 0 bridgehead atoms. The second kappa shape index (κ2) is 11.6. The predicted molar refractivity (Wildman–Crippen MR) is 138 cm³/mol. The molecule has 0 saturated carbocycles. The van der Waals surface area contributed by atoms with Crippen LogP contribution in [0.3, 0.4) is 0 Å². The minimum Gasteiger partial charge on any atom is -0.504 e. The quantitative estimate of drug-likeness (QED) is 0.281. The number of allylic oxidation sites excluding steroid dienone is 1. The second-order valence-electron chi connectivity index (χ2n) is 7.96. The Kier molecular flexibility index (Phi) is 9.10. The van der Waals surface area contributed by atoms with Crippen LogP contribution in [-0.4, -0.2) is 73.3 Å². The van der Waals surface area contributed by atoms with Gasteiger partial charge >= 0.3 is 0 Å². The van der Waals surface area contributed by atoms with E-state index >= 15 is 0 Å². The summed E-state index contributed by atoms with van der Waals surface area (Å²) in [4.78, 5) is 4.43. The van der Waals surface area contributed by atoms with E-state index < -0.39 is 27.8 Å². The molecule has 2 aromatic rings. The van der Waals surface area contributed by atoms with Crippen LogP contribution in [0.15, 0.2) is 47.7 Å². The summed E-state index contributed by atoms with van der Waals surface area (Å²) in [6.45, 7) is -0.507. The molecule has 0 fully saturated rings. The van der Waals surface area contributed by atoms with Gasteiger partial charge in [0.2, 0.25) is 0 Å². The highest BCUT2D eigenvalue weighted by Gasteiger charge is 2.41. The van der Waals surface area contributed by atoms with Crippen molar-refractivity contribution in [1.29, 1.82) is 0 Å². The molecule has 3 rings (SSSR count). The molecular weight excluding hydrogens is 573 g/mol. The van der Waals surface area contributed by atoms with E-state index in [9.17, 15) is 23.7 Å². The summed E-state index contributed by atoms with van der Waals surface area (Å²) >= 11 is 2.02. The molecule has 34 heavy (non-hydrogen) atoms. The average Bonchev–Trinajstić information content (AvgIpc) is 3.08. The molecule has 2 heterocycles. The van der Waals surface area contributed by atoms with Crippen molar-refractivity contribution in [2.45, 2.75) is 24.2 Å². The summed E-state index contributed by atoms with van der Waals surface area (Å²) in [6, 6.07) is 9.04. The molecule has 0 saturated heterocycles. The number of sulfone groups is 1. The van der Waals surface area contributed by atoms with Crippen molar-refractivity contribution in [3.8, 4) is 11.5 Å². The third-order valence-corrected chi connectivity index (χ3v) is 8.54. The number of pyridine rings is 1. The van der Waals surface area contributed by atoms with E-state index in [1.807, 2.05) is 46.9 Å². The highest BCUT2D eigenvalue weighted by atomic mass is 127. The largest absolute Gasteiger partial charge is 0.504 e. The number of aromatic nitrogens is 1. The first-order valence-corrected chi connectivity index (χ1v) is 13.4. The van der Waals surface area contributed by atoms with Crippen molar-refractivity contribution in [1.82, 2.24) is 4.98 Å². The predicted octanol–water partition coefficient (Wildman–Crippen LogP) is 2.81. The molecule has 1 aliphatic rings. The number of nitrogens with zero attached hydrogens (tertiary/aromatic N) is 1. The number of halogens is 1. The summed E-state index contributed by atoms with van der Waals surface area (Å²) in [5.74, 6) is 0.174. The molecule has 184 valence electrons. The molecule has 1 aliphatic heterocycles. The highest BCUT2D eigenvalue weighted by Crippen LogP contribution is 2.35. The number of rotatable bonds is 10. The van der Waals surface area contributed by atoms with Gasteiger partial charge in [-0.2, -0.15) is 0 Å². The minimum atomic E-state index is -3.59. The number of methoxy groups -OCH3 is 2. The van der Waals surface area contributed by atoms with Gasteiger partial charge in [0, 0.05) is 13.3 Å². The first-order valence-electron chi connectivity index (χ1n) is 10.6. The number of ether oxygens (including phenoxy) is 2. The summed E-state index contributed by atoms with van der Waals surface area (Å²) in [5.41, 5.74) is 3.13. The molecule has 1 aromatic heterocycles. The lowest BCUT2D eigenvalue weighted by atomic mass is 9.94. The van der Waals surface area contributed by atoms with Gasteiger partial charge in [-0.25, -0.2) is 8.42 Å². The number of hydrogen-bond donors (Lipinski definition) is 3. The van der Waals surface area contributed by atoms with Crippen LogP contribution in [0, 0.1) is 3.57 Å². The maximum absolute atomic E-state index is 12.5. The van der Waals surface area contributed by atoms with Crippen LogP contribution in [0.5, 0.6) is 11.5 Å². The summed E-state index contributed by atoms with van der Waals surface area (Å²) < 4.78 is 36.0. The summed E-state index contributed by atoms with van der Waals surface area (Å²) in [6.07, 6.45) is 3.12. The Morgan fingerprint density at radius 2 is 2.09 bits per heavy atom. The molecule has 0 radical (unpaired) electrons. The van der Waals surface area contributed by atoms with Gasteiger partial charge in [-0.1, -0.05) is 6.07 Å². The van der Waals surface area contributed by atoms with Crippen LogP contribution in [0.25, 0.3) is 11.6 Å². The zero-order chi connectivity index (χ0) is 24.9. The zero-order valence-corrected chi connectivity index (χ0v) is 21.9. The number of phenols is 1. The monoisotopic (exact) mass is 601 g/mol. The van der Waals surface area contributed by atoms with E-state index in [0.29, 0.717) is 32.6 Å². The Morgan fingerprint density at radius 1 is 1.32 bits per heavy atom. The molecule has 0 aliphatic carbocycles. The molecule has 1 aromatic carbocycles. The number of aliphatic hydroxyl groups excluding tert-OH is 2. The lowest BCUT2D eigenvalue weighted by Crippen LogP contribution is -2.29. The van der Waals surface area contributed by atoms with E-state index in [2.05, 4.69) is 4.98 Å². The minimum absolute atomic E-state index is 0.0603. The van der Waals surface area contributed by atoms with Gasteiger partial charge in [0.1, 0.15) is 5.25 Å². The summed E-state index contributed by atoms with van der Waals surface area (Å²) in [5, 5.41) is 29.8. The SMILES string of the molecule is COCC1=C([C@H](O)CC/C(=C/c2cc(I)c(O)c(OC)c2)c2ccccn2)[C@H](CO)S(=O)(=O)C1. The Morgan fingerprint density at radius 3 is 2.71 bits per heavy atom. The van der Waals surface area contributed by atoms with Crippen LogP contribution in [0.1, 0.15) is 24.1 Å². The van der Waals surface area contributed by atoms with Gasteiger partial charge in [0.15, 0.2) is 21.3 Å². The van der Waals surface area contributed by atoms with Gasteiger partial charge in [-0.3, -0.25) is 4.98 Å². The molecule has 8 nitrogen and oxygen atoms in total. The topological polar surface area (TPSA) is 126 Å². The van der Waals surface area contributed by atoms with E-state index in [-0.39, 0.29) is 24.5 Å². The van der Waals surface area contributed by atoms with Gasteiger partial charge in [-0.05, 0) is 88.1 Å². The average molecular weight is 601 g/mol. The van der Waals surface area contributed by atoms with E-state index in [0.717, 1.165) is 11.1 Å². The van der Waals surface area contributed by atoms with Gasteiger partial charge in [-0.15, -0.1) is 0 Å². The first-order chi connectivity index (χ1) is 16.2.